The highest BCUT2D eigenvalue weighted by Crippen LogP contribution is 2.54. The van der Waals surface area contributed by atoms with E-state index in [4.69, 9.17) is 9.47 Å². The van der Waals surface area contributed by atoms with Gasteiger partial charge in [-0.1, -0.05) is 61.6 Å². The largest absolute Gasteiger partial charge is 0.465 e. The number of carbonyl (C=O) groups excluding carboxylic acids is 3. The van der Waals surface area contributed by atoms with Gasteiger partial charge in [-0.25, -0.2) is 0 Å². The van der Waals surface area contributed by atoms with E-state index in [1.54, 1.807) is 4.90 Å². The maximum Gasteiger partial charge on any atom is 0.312 e. The molecule has 0 saturated carbocycles. The molecule has 2 saturated heterocycles. The molecule has 4 aliphatic heterocycles. The van der Waals surface area contributed by atoms with E-state index < -0.39 is 41.6 Å². The summed E-state index contributed by atoms with van der Waals surface area (Å²) in [4.78, 5) is 45.1. The van der Waals surface area contributed by atoms with E-state index >= 15 is 0 Å². The molecule has 0 radical (unpaired) electrons. The minimum Gasteiger partial charge on any atom is -0.465 e. The second kappa shape index (κ2) is 9.67. The quantitative estimate of drug-likeness (QED) is 0.496. The third-order valence-corrected chi connectivity index (χ3v) is 8.41. The Bertz CT molecular complexity index is 1330. The van der Waals surface area contributed by atoms with Gasteiger partial charge in [-0.05, 0) is 42.2 Å². The third kappa shape index (κ3) is 3.69. The number of hydrogen-bond acceptors (Lipinski definition) is 6. The van der Waals surface area contributed by atoms with Crippen LogP contribution < -0.4 is 4.90 Å². The Morgan fingerprint density at radius 1 is 1.08 bits per heavy atom. The van der Waals surface area contributed by atoms with Crippen LogP contribution in [0.4, 0.5) is 5.69 Å². The lowest BCUT2D eigenvalue weighted by molar-refractivity contribution is -0.155. The summed E-state index contributed by atoms with van der Waals surface area (Å²) >= 11 is 0. The van der Waals surface area contributed by atoms with Crippen LogP contribution in [0.1, 0.15) is 26.2 Å². The van der Waals surface area contributed by atoms with Crippen molar-refractivity contribution in [3.05, 3.63) is 66.8 Å². The normalized spacial score (nSPS) is 32.5. The molecule has 8 heteroatoms. The zero-order chi connectivity index (χ0) is 26.4. The Morgan fingerprint density at radius 3 is 2.68 bits per heavy atom. The van der Waals surface area contributed by atoms with E-state index in [0.717, 1.165) is 17.2 Å². The molecule has 4 heterocycles. The highest BCUT2D eigenvalue weighted by atomic mass is 16.6. The number of fused-ring (bicyclic) bond motifs is 3. The molecular formula is C30H32N2O6. The summed E-state index contributed by atoms with van der Waals surface area (Å²) < 4.78 is 12.2. The summed E-state index contributed by atoms with van der Waals surface area (Å²) in [6.07, 6.45) is 8.66. The molecule has 1 spiro atoms. The molecule has 2 aromatic rings. The van der Waals surface area contributed by atoms with Crippen LogP contribution in [0.25, 0.3) is 10.8 Å². The van der Waals surface area contributed by atoms with Crippen LogP contribution in [0.5, 0.6) is 0 Å². The van der Waals surface area contributed by atoms with Crippen LogP contribution in [0.15, 0.2) is 66.8 Å². The molecule has 6 rings (SSSR count). The standard InChI is InChI=1S/C30H32N2O6/c1-2-21(18-33)32-26-28(35)31(22-13-12-19-9-5-6-10-20(19)17-22)15-8-14-30(26)25(27(32)34)24-23(38-30)11-4-3-7-16-37-29(24)36/h4-6,8-14,17,21,23-26,33H,2-3,7,15-16,18H2,1H3/b11-4-/t21-,23+,24-,25-,26?,30-/m0/s1. The number of allylic oxidation sites excluding steroid dienone is 1. The number of amides is 2. The Hall–Kier alpha value is -3.49. The number of aliphatic hydroxyl groups excluding tert-OH is 1. The number of cyclic esters (lactones) is 1. The maximum absolute atomic E-state index is 14.5. The van der Waals surface area contributed by atoms with Gasteiger partial charge in [0.15, 0.2) is 0 Å². The Kier molecular flexibility index (Phi) is 6.32. The molecule has 2 fully saturated rings. The lowest BCUT2D eigenvalue weighted by atomic mass is 9.78. The molecule has 1 unspecified atom stereocenters. The van der Waals surface area contributed by atoms with Gasteiger partial charge in [-0.15, -0.1) is 0 Å². The van der Waals surface area contributed by atoms with Gasteiger partial charge in [-0.2, -0.15) is 0 Å². The Labute approximate surface area is 221 Å². The van der Waals surface area contributed by atoms with Gasteiger partial charge < -0.3 is 24.4 Å². The lowest BCUT2D eigenvalue weighted by Crippen LogP contribution is -2.58. The zero-order valence-electron chi connectivity index (χ0n) is 21.4. The first-order chi connectivity index (χ1) is 18.5. The van der Waals surface area contributed by atoms with Crippen molar-refractivity contribution < 1.29 is 29.0 Å². The number of nitrogens with zero attached hydrogens (tertiary/aromatic N) is 2. The van der Waals surface area contributed by atoms with E-state index in [9.17, 15) is 19.5 Å². The molecule has 0 aromatic heterocycles. The lowest BCUT2D eigenvalue weighted by Gasteiger charge is -2.38. The Morgan fingerprint density at radius 2 is 1.89 bits per heavy atom. The number of rotatable bonds is 4. The number of hydrogen-bond donors (Lipinski definition) is 1. The van der Waals surface area contributed by atoms with Crippen molar-refractivity contribution in [3.8, 4) is 0 Å². The minimum absolute atomic E-state index is 0.270. The number of likely N-dealkylation sites (tertiary alicyclic amines) is 1. The van der Waals surface area contributed by atoms with Gasteiger partial charge in [0.1, 0.15) is 17.6 Å². The second-order valence-electron chi connectivity index (χ2n) is 10.5. The number of ether oxygens (including phenoxy) is 2. The smallest absolute Gasteiger partial charge is 0.312 e. The topological polar surface area (TPSA) is 96.4 Å². The van der Waals surface area contributed by atoms with E-state index in [2.05, 4.69) is 0 Å². The molecule has 6 atom stereocenters. The first-order valence-electron chi connectivity index (χ1n) is 13.4. The summed E-state index contributed by atoms with van der Waals surface area (Å²) in [6, 6.07) is 12.2. The van der Waals surface area contributed by atoms with Crippen molar-refractivity contribution in [1.82, 2.24) is 4.90 Å². The SMILES string of the molecule is CC[C@@H](CO)N1C(=O)[C@@H]2[C@H]3C(=O)OCCC/C=C\[C@H]3O[C@@]23C=CCN(c2ccc4ccccc4c2)C(=O)C13. The first kappa shape index (κ1) is 24.8. The molecular weight excluding hydrogens is 484 g/mol. The first-order valence-corrected chi connectivity index (χ1v) is 13.4. The molecule has 2 aromatic carbocycles. The maximum atomic E-state index is 14.5. The van der Waals surface area contributed by atoms with Crippen molar-refractivity contribution in [1.29, 1.82) is 0 Å². The van der Waals surface area contributed by atoms with Gasteiger partial charge in [0.25, 0.3) is 5.91 Å². The molecule has 198 valence electrons. The van der Waals surface area contributed by atoms with Gasteiger partial charge in [0.2, 0.25) is 5.91 Å². The molecule has 0 aliphatic carbocycles. The van der Waals surface area contributed by atoms with Crippen LogP contribution in [0.3, 0.4) is 0 Å². The average Bonchev–Trinajstić information content (AvgIpc) is 3.34. The summed E-state index contributed by atoms with van der Waals surface area (Å²) in [6.45, 7) is 2.13. The second-order valence-corrected chi connectivity index (χ2v) is 10.5. The minimum atomic E-state index is -1.35. The van der Waals surface area contributed by atoms with Gasteiger partial charge in [-0.3, -0.25) is 14.4 Å². The fourth-order valence-corrected chi connectivity index (χ4v) is 6.58. The van der Waals surface area contributed by atoms with E-state index in [-0.39, 0.29) is 25.0 Å². The van der Waals surface area contributed by atoms with Crippen molar-refractivity contribution in [2.75, 3.05) is 24.7 Å². The van der Waals surface area contributed by atoms with Gasteiger partial charge in [0, 0.05) is 12.2 Å². The van der Waals surface area contributed by atoms with Gasteiger partial charge >= 0.3 is 5.97 Å². The van der Waals surface area contributed by atoms with Crippen molar-refractivity contribution in [2.45, 2.75) is 50.0 Å². The van der Waals surface area contributed by atoms with Crippen LogP contribution >= 0.6 is 0 Å². The fourth-order valence-electron chi connectivity index (χ4n) is 6.58. The van der Waals surface area contributed by atoms with Crippen LogP contribution in [-0.2, 0) is 23.9 Å². The zero-order valence-corrected chi connectivity index (χ0v) is 21.4. The number of esters is 1. The summed E-state index contributed by atoms with van der Waals surface area (Å²) in [5.41, 5.74) is -0.636. The summed E-state index contributed by atoms with van der Waals surface area (Å²) in [5.74, 6) is -2.93. The van der Waals surface area contributed by atoms with E-state index in [0.29, 0.717) is 25.1 Å². The highest BCUT2D eigenvalue weighted by molar-refractivity contribution is 6.06. The molecule has 4 aliphatic rings. The third-order valence-electron chi connectivity index (χ3n) is 8.41. The molecule has 8 nitrogen and oxygen atoms in total. The van der Waals surface area contributed by atoms with Crippen molar-refractivity contribution >= 4 is 34.2 Å². The monoisotopic (exact) mass is 516 g/mol. The molecule has 2 amide bonds. The number of anilines is 1. The number of carbonyl (C=O) groups is 3. The molecule has 0 bridgehead atoms. The highest BCUT2D eigenvalue weighted by Gasteiger charge is 2.72. The van der Waals surface area contributed by atoms with Gasteiger partial charge in [0.05, 0.1) is 31.3 Å². The summed E-state index contributed by atoms with van der Waals surface area (Å²) in [7, 11) is 0. The Balaban J connectivity index is 1.47. The average molecular weight is 517 g/mol. The predicted molar refractivity (Wildman–Crippen MR) is 141 cm³/mol. The fraction of sp³-hybridized carbons (Fsp3) is 0.433. The van der Waals surface area contributed by atoms with Crippen LogP contribution in [-0.4, -0.2) is 71.3 Å². The van der Waals surface area contributed by atoms with Crippen LogP contribution in [0.2, 0.25) is 0 Å². The van der Waals surface area contributed by atoms with Crippen molar-refractivity contribution in [2.24, 2.45) is 11.8 Å². The van der Waals surface area contributed by atoms with Crippen molar-refractivity contribution in [3.63, 3.8) is 0 Å². The molecule has 38 heavy (non-hydrogen) atoms. The van der Waals surface area contributed by atoms with E-state index in [1.165, 1.54) is 4.90 Å². The summed E-state index contributed by atoms with van der Waals surface area (Å²) in [5, 5.41) is 12.3. The van der Waals surface area contributed by atoms with E-state index in [1.807, 2.05) is 73.7 Å². The number of aliphatic hydroxyl groups is 1. The number of benzene rings is 2. The predicted octanol–water partition coefficient (Wildman–Crippen LogP) is 2.99. The molecule has 1 N–H and O–H groups in total. The van der Waals surface area contributed by atoms with Crippen LogP contribution in [0, 0.1) is 11.8 Å².